The summed E-state index contributed by atoms with van der Waals surface area (Å²) >= 11 is 1.52. The Kier molecular flexibility index (Phi) is 14.9. The lowest BCUT2D eigenvalue weighted by Crippen LogP contribution is -2.54. The number of thiazole rings is 1. The molecule has 11 rings (SSSR count). The highest BCUT2D eigenvalue weighted by molar-refractivity contribution is 7.13. The Balaban J connectivity index is 0.623. The van der Waals surface area contributed by atoms with Crippen molar-refractivity contribution in [3.63, 3.8) is 0 Å². The van der Waals surface area contributed by atoms with Crippen molar-refractivity contribution in [3.8, 4) is 45.1 Å². The van der Waals surface area contributed by atoms with Crippen LogP contribution in [-0.4, -0.2) is 125 Å². The van der Waals surface area contributed by atoms with E-state index in [2.05, 4.69) is 56.5 Å². The van der Waals surface area contributed by atoms with Gasteiger partial charge in [0, 0.05) is 86.8 Å². The summed E-state index contributed by atoms with van der Waals surface area (Å²) in [5.41, 5.74) is 14.5. The number of rotatable bonds is 18. The lowest BCUT2D eigenvalue weighted by molar-refractivity contribution is -0.141. The largest absolute Gasteiger partial charge is 0.507 e. The monoisotopic (exact) mass is 1070 g/mol. The molecular formula is C57H62N12O8S. The van der Waals surface area contributed by atoms with E-state index in [9.17, 15) is 19.8 Å². The third-order valence-electron chi connectivity index (χ3n) is 15.1. The van der Waals surface area contributed by atoms with Gasteiger partial charge in [0.1, 0.15) is 42.3 Å². The van der Waals surface area contributed by atoms with Gasteiger partial charge in [-0.3, -0.25) is 19.6 Å². The Morgan fingerprint density at radius 3 is 2.42 bits per heavy atom. The summed E-state index contributed by atoms with van der Waals surface area (Å²) in [6.45, 7) is 9.32. The van der Waals surface area contributed by atoms with Crippen LogP contribution in [0.25, 0.3) is 27.9 Å². The number of carbonyl (C=O) groups excluding carboxylic acids is 2. The van der Waals surface area contributed by atoms with Gasteiger partial charge in [0.25, 0.3) is 5.88 Å². The lowest BCUT2D eigenvalue weighted by atomic mass is 9.91. The molecule has 20 nitrogen and oxygen atoms in total. The van der Waals surface area contributed by atoms with Crippen LogP contribution in [0, 0.1) is 12.8 Å². The lowest BCUT2D eigenvalue weighted by Gasteiger charge is -2.43. The van der Waals surface area contributed by atoms with E-state index in [0.717, 1.165) is 72.0 Å². The fraction of sp³-hybridized carbons (Fsp3) is 0.386. The molecule has 7 aromatic rings. The van der Waals surface area contributed by atoms with Gasteiger partial charge in [0.15, 0.2) is 11.6 Å². The Bertz CT molecular complexity index is 3260. The van der Waals surface area contributed by atoms with Gasteiger partial charge in [-0.25, -0.2) is 9.97 Å². The van der Waals surface area contributed by atoms with Crippen molar-refractivity contribution in [2.75, 3.05) is 41.8 Å². The summed E-state index contributed by atoms with van der Waals surface area (Å²) in [6, 6.07) is 21.6. The summed E-state index contributed by atoms with van der Waals surface area (Å²) < 4.78 is 24.1. The predicted molar refractivity (Wildman–Crippen MR) is 293 cm³/mol. The number of anilines is 3. The number of phenols is 1. The maximum absolute atomic E-state index is 14.2. The van der Waals surface area contributed by atoms with Gasteiger partial charge in [-0.2, -0.15) is 0 Å². The predicted octanol–water partition coefficient (Wildman–Crippen LogP) is 7.55. The summed E-state index contributed by atoms with van der Waals surface area (Å²) in [5.74, 6) is 0.606. The highest BCUT2D eigenvalue weighted by atomic mass is 32.1. The molecule has 5 N–H and O–H groups in total. The van der Waals surface area contributed by atoms with E-state index in [-0.39, 0.29) is 73.2 Å². The number of hydrogen-bond acceptors (Lipinski definition) is 19. The second-order valence-corrected chi connectivity index (χ2v) is 21.7. The maximum Gasteiger partial charge on any atom is 0.254 e. The van der Waals surface area contributed by atoms with Crippen LogP contribution in [0.3, 0.4) is 0 Å². The molecule has 3 aliphatic heterocycles. The van der Waals surface area contributed by atoms with Crippen molar-refractivity contribution in [2.24, 2.45) is 5.92 Å². The first-order valence-corrected chi connectivity index (χ1v) is 27.3. The van der Waals surface area contributed by atoms with Gasteiger partial charge >= 0.3 is 0 Å². The number of benzene rings is 1. The number of aliphatic hydroxyl groups excluding tert-OH is 1. The second-order valence-electron chi connectivity index (χ2n) is 20.8. The van der Waals surface area contributed by atoms with E-state index in [1.807, 2.05) is 88.5 Å². The number of likely N-dealkylation sites (tertiary alicyclic amines) is 1. The van der Waals surface area contributed by atoms with Crippen molar-refractivity contribution < 1.29 is 38.5 Å². The molecule has 0 radical (unpaired) electrons. The van der Waals surface area contributed by atoms with E-state index in [1.165, 1.54) is 16.2 Å². The molecule has 6 atom stereocenters. The molecule has 2 unspecified atom stereocenters. The number of carbonyl (C=O) groups is 2. The number of nitrogens with two attached hydrogens (primary N) is 1. The SMILES string of the molecule is Cc1ncsc1-c1ccc([C@H](C)NC(=O)[C@@H]2C[C@@H](O)CN2C(=O)[C@H](c2cc(OC/C=C/c3ccc(OC4CC(Oc5cc(N6C7CCC6CN(c6cc(-c8ccccc8O)nnc6N)C7)ccn5)C4)cn3)no2)C(C)C)cn1. The number of nitrogens with one attached hydrogen (secondary N) is 1. The number of nitrogens with zero attached hydrogens (tertiary/aromatic N) is 10. The number of ether oxygens (including phenoxy) is 3. The molecule has 78 heavy (non-hydrogen) atoms. The van der Waals surface area contributed by atoms with Crippen LogP contribution in [0.1, 0.15) is 87.5 Å². The molecule has 404 valence electrons. The van der Waals surface area contributed by atoms with Crippen molar-refractivity contribution in [2.45, 2.75) is 108 Å². The molecule has 0 spiro atoms. The molecular weight excluding hydrogens is 1010 g/mol. The number of aromatic nitrogens is 7. The molecule has 4 fully saturated rings. The number of phenolic OH excluding ortho intramolecular Hbond substituents is 1. The molecule has 6 aromatic heterocycles. The third-order valence-corrected chi connectivity index (χ3v) is 16.0. The molecule has 2 amide bonds. The molecule has 1 aliphatic carbocycles. The molecule has 1 aromatic carbocycles. The number of para-hydroxylation sites is 1. The van der Waals surface area contributed by atoms with Gasteiger partial charge in [0.05, 0.1) is 57.2 Å². The van der Waals surface area contributed by atoms with Crippen molar-refractivity contribution in [3.05, 3.63) is 126 Å². The van der Waals surface area contributed by atoms with Gasteiger partial charge < -0.3 is 54.7 Å². The van der Waals surface area contributed by atoms with Crippen LogP contribution >= 0.6 is 11.3 Å². The molecule has 1 saturated carbocycles. The molecule has 9 heterocycles. The van der Waals surface area contributed by atoms with Gasteiger partial charge in [-0.05, 0) is 97.9 Å². The van der Waals surface area contributed by atoms with Crippen LogP contribution in [0.5, 0.6) is 23.3 Å². The highest BCUT2D eigenvalue weighted by Crippen LogP contribution is 2.41. The number of hydrogen-bond donors (Lipinski definition) is 4. The number of β-amino-alcohol motifs (C(OH)–C–C–N with tert-alkyl or cyclic N) is 1. The second kappa shape index (κ2) is 22.4. The maximum atomic E-state index is 14.2. The zero-order valence-corrected chi connectivity index (χ0v) is 44.6. The number of amides is 2. The van der Waals surface area contributed by atoms with Gasteiger partial charge in [-0.1, -0.05) is 32.0 Å². The van der Waals surface area contributed by atoms with E-state index in [4.69, 9.17) is 24.5 Å². The van der Waals surface area contributed by atoms with Crippen LogP contribution in [-0.2, 0) is 9.59 Å². The number of piperazine rings is 1. The molecule has 21 heteroatoms. The van der Waals surface area contributed by atoms with Crippen molar-refractivity contribution >= 4 is 46.4 Å². The Hall–Kier alpha value is -8.17. The van der Waals surface area contributed by atoms with E-state index >= 15 is 0 Å². The number of aliphatic hydroxyl groups is 1. The first kappa shape index (κ1) is 51.9. The van der Waals surface area contributed by atoms with E-state index < -0.39 is 24.1 Å². The van der Waals surface area contributed by atoms with E-state index in [1.54, 1.807) is 42.2 Å². The van der Waals surface area contributed by atoms with Crippen molar-refractivity contribution in [1.82, 2.24) is 45.5 Å². The Morgan fingerprint density at radius 2 is 1.69 bits per heavy atom. The normalized spacial score (nSPS) is 21.6. The van der Waals surface area contributed by atoms with Crippen LogP contribution in [0.15, 0.2) is 107 Å². The standard InChI is InChI=1S/C57H62N12O8S/c1-32(2)53(57(73)68-30-40(70)21-48(68)56(72)63-33(3)35-11-16-45(61-26-35)54-34(4)62-31-78-54)50-25-52(66-77-50)74-19-7-8-36-12-15-41(27-60-36)75-42-22-43(23-42)76-51-20-37(17-18-59-51)69-38-13-14-39(69)29-67(28-38)47-24-46(64-65-55(47)58)44-9-5-6-10-49(44)71/h5-12,15-18,20,24-27,31-33,38-40,42-43,48,53,70-71H,13-14,19,21-23,28-30H2,1-4H3,(H2,58,65)(H,63,72)/b8-7+/t33-,38?,39?,40+,42?,43?,48-,53-/m0/s1. The Labute approximate surface area is 455 Å². The Morgan fingerprint density at radius 1 is 0.885 bits per heavy atom. The number of pyridine rings is 3. The number of nitrogen functional groups attached to an aromatic ring is 1. The first-order valence-electron chi connectivity index (χ1n) is 26.4. The fourth-order valence-corrected chi connectivity index (χ4v) is 11.8. The van der Waals surface area contributed by atoms with Gasteiger partial charge in [0.2, 0.25) is 17.7 Å². The first-order chi connectivity index (χ1) is 37.8. The highest BCUT2D eigenvalue weighted by Gasteiger charge is 2.44. The topological polar surface area (TPSA) is 253 Å². The van der Waals surface area contributed by atoms with Crippen LogP contribution < -0.4 is 35.1 Å². The van der Waals surface area contributed by atoms with Crippen LogP contribution in [0.2, 0.25) is 0 Å². The fourth-order valence-electron chi connectivity index (χ4n) is 11.0. The van der Waals surface area contributed by atoms with Crippen LogP contribution in [0.4, 0.5) is 17.2 Å². The number of fused-ring (bicyclic) bond motifs is 2. The zero-order chi connectivity index (χ0) is 54.0. The summed E-state index contributed by atoms with van der Waals surface area (Å²) in [4.78, 5) is 53.1. The quantitative estimate of drug-likeness (QED) is 0.0647. The number of aromatic hydroxyl groups is 1. The minimum Gasteiger partial charge on any atom is -0.507 e. The minimum atomic E-state index is -0.871. The molecule has 3 saturated heterocycles. The van der Waals surface area contributed by atoms with Crippen molar-refractivity contribution in [1.29, 1.82) is 0 Å². The average molecular weight is 1080 g/mol. The summed E-state index contributed by atoms with van der Waals surface area (Å²) in [7, 11) is 0. The molecule has 2 bridgehead atoms. The summed E-state index contributed by atoms with van der Waals surface area (Å²) in [5, 5.41) is 36.8. The summed E-state index contributed by atoms with van der Waals surface area (Å²) in [6.07, 6.45) is 11.6. The number of aryl methyl sites for hydroxylation is 1. The zero-order valence-electron chi connectivity index (χ0n) is 43.8. The average Bonchev–Trinajstić information content (AvgIpc) is 4.28. The third kappa shape index (κ3) is 11.2. The minimum absolute atomic E-state index is 0.0121. The smallest absolute Gasteiger partial charge is 0.254 e. The molecule has 4 aliphatic rings. The van der Waals surface area contributed by atoms with E-state index in [0.29, 0.717) is 40.2 Å². The van der Waals surface area contributed by atoms with Gasteiger partial charge in [-0.15, -0.1) is 21.5 Å².